The van der Waals surface area contributed by atoms with Crippen LogP contribution in [0.5, 0.6) is 0 Å². The van der Waals surface area contributed by atoms with Gasteiger partial charge in [0.2, 0.25) is 0 Å². The van der Waals surface area contributed by atoms with Crippen LogP contribution in [-0.2, 0) is 13.0 Å². The molecule has 3 nitrogen and oxygen atoms in total. The topological polar surface area (TPSA) is 21.9 Å². The van der Waals surface area contributed by atoms with Crippen molar-refractivity contribution in [2.45, 2.75) is 25.9 Å². The zero-order valence-corrected chi connectivity index (χ0v) is 15.0. The molecule has 1 atom stereocenters. The lowest BCUT2D eigenvalue weighted by molar-refractivity contribution is -0.693. The molecule has 0 saturated carbocycles. The molecule has 0 spiro atoms. The van der Waals surface area contributed by atoms with Crippen molar-refractivity contribution in [1.82, 2.24) is 4.57 Å². The van der Waals surface area contributed by atoms with E-state index in [4.69, 9.17) is 4.42 Å². The van der Waals surface area contributed by atoms with Gasteiger partial charge in [-0.3, -0.25) is 0 Å². The van der Waals surface area contributed by atoms with E-state index in [1.807, 2.05) is 30.3 Å². The summed E-state index contributed by atoms with van der Waals surface area (Å²) in [5.41, 5.74) is 2.13. The van der Waals surface area contributed by atoms with Crippen LogP contribution in [0, 0.1) is 0 Å². The number of furan rings is 1. The molecule has 2 heterocycles. The van der Waals surface area contributed by atoms with Crippen LogP contribution in [0.3, 0.4) is 0 Å². The highest BCUT2D eigenvalue weighted by atomic mass is 16.3. The quantitative estimate of drug-likeness (QED) is 0.360. The lowest BCUT2D eigenvalue weighted by atomic mass is 10.0. The molecular weight excluding hydrogens is 320 g/mol. The molecule has 2 aromatic carbocycles. The van der Waals surface area contributed by atoms with E-state index in [-0.39, 0.29) is 6.04 Å². The first kappa shape index (κ1) is 16.4. The average molecular weight is 343 g/mol. The summed E-state index contributed by atoms with van der Waals surface area (Å²) in [7, 11) is 0. The number of hydrogen-bond acceptors (Lipinski definition) is 1. The number of para-hydroxylation sites is 1. The Kier molecular flexibility index (Phi) is 4.44. The minimum atomic E-state index is 0.00427. The van der Waals surface area contributed by atoms with Crippen LogP contribution in [0.2, 0.25) is 0 Å². The minimum absolute atomic E-state index is 0.00427. The summed E-state index contributed by atoms with van der Waals surface area (Å²) in [6.07, 6.45) is 7.14. The van der Waals surface area contributed by atoms with Gasteiger partial charge in [-0.05, 0) is 12.1 Å². The number of benzene rings is 2. The van der Waals surface area contributed by atoms with Crippen molar-refractivity contribution in [3.63, 3.8) is 0 Å². The maximum Gasteiger partial charge on any atom is 0.257 e. The Morgan fingerprint density at radius 3 is 2.62 bits per heavy atom. The Bertz CT molecular complexity index is 994. The average Bonchev–Trinajstić information content (AvgIpc) is 3.27. The molecule has 0 saturated heterocycles. The van der Waals surface area contributed by atoms with Crippen molar-refractivity contribution in [2.24, 2.45) is 0 Å². The number of allylic oxidation sites excluding steroid dienone is 1. The monoisotopic (exact) mass is 343 g/mol. The molecule has 0 aliphatic rings. The highest BCUT2D eigenvalue weighted by Gasteiger charge is 2.29. The standard InChI is InChI=1S/C23H23N2O/c1-3-14-24-15-16-25(22(24)4-2)23(18-10-6-5-7-11-18)21-17-19-12-8-9-13-20(19)26-21/h3,5-13,15-17,23H,1,4,14H2,2H3/q+1. The number of imidazole rings is 1. The molecule has 0 aliphatic heterocycles. The lowest BCUT2D eigenvalue weighted by Crippen LogP contribution is -2.36. The second kappa shape index (κ2) is 7.04. The van der Waals surface area contributed by atoms with E-state index in [1.54, 1.807) is 0 Å². The Balaban J connectivity index is 1.91. The van der Waals surface area contributed by atoms with E-state index < -0.39 is 0 Å². The van der Waals surface area contributed by atoms with Gasteiger partial charge in [0.1, 0.15) is 24.5 Å². The normalized spacial score (nSPS) is 12.3. The highest BCUT2D eigenvalue weighted by molar-refractivity contribution is 5.78. The Hall–Kier alpha value is -3.07. The molecule has 2 aromatic heterocycles. The highest BCUT2D eigenvalue weighted by Crippen LogP contribution is 2.32. The van der Waals surface area contributed by atoms with E-state index >= 15 is 0 Å². The van der Waals surface area contributed by atoms with Crippen molar-refractivity contribution >= 4 is 11.0 Å². The fourth-order valence-corrected chi connectivity index (χ4v) is 3.63. The Morgan fingerprint density at radius 1 is 1.12 bits per heavy atom. The molecule has 1 unspecified atom stereocenters. The predicted molar refractivity (Wildman–Crippen MR) is 104 cm³/mol. The summed E-state index contributed by atoms with van der Waals surface area (Å²) < 4.78 is 10.8. The third-order valence-electron chi connectivity index (χ3n) is 4.79. The lowest BCUT2D eigenvalue weighted by Gasteiger charge is -2.14. The van der Waals surface area contributed by atoms with Crippen molar-refractivity contribution in [3.8, 4) is 0 Å². The van der Waals surface area contributed by atoms with Gasteiger partial charge in [-0.1, -0.05) is 68.1 Å². The van der Waals surface area contributed by atoms with Gasteiger partial charge < -0.3 is 4.42 Å². The number of aromatic nitrogens is 2. The second-order valence-corrected chi connectivity index (χ2v) is 6.42. The van der Waals surface area contributed by atoms with Gasteiger partial charge in [-0.15, -0.1) is 0 Å². The van der Waals surface area contributed by atoms with E-state index in [0.717, 1.165) is 29.7 Å². The van der Waals surface area contributed by atoms with Crippen molar-refractivity contribution < 1.29 is 8.98 Å². The zero-order valence-electron chi connectivity index (χ0n) is 15.0. The van der Waals surface area contributed by atoms with Crippen LogP contribution in [0.4, 0.5) is 0 Å². The van der Waals surface area contributed by atoms with Crippen LogP contribution in [0.25, 0.3) is 11.0 Å². The molecule has 4 rings (SSSR count). The van der Waals surface area contributed by atoms with Gasteiger partial charge in [-0.2, -0.15) is 0 Å². The number of fused-ring (bicyclic) bond motifs is 1. The maximum absolute atomic E-state index is 6.26. The molecular formula is C23H23N2O+. The van der Waals surface area contributed by atoms with Crippen LogP contribution >= 0.6 is 0 Å². The SMILES string of the molecule is C=CC[n+]1ccn(C(c2ccccc2)c2cc3ccccc3o2)c1CC. The van der Waals surface area contributed by atoms with Crippen LogP contribution < -0.4 is 4.57 Å². The molecule has 0 bridgehead atoms. The van der Waals surface area contributed by atoms with E-state index in [9.17, 15) is 0 Å². The summed E-state index contributed by atoms with van der Waals surface area (Å²) in [6, 6.07) is 20.9. The predicted octanol–water partition coefficient (Wildman–Crippen LogP) is 4.91. The summed E-state index contributed by atoms with van der Waals surface area (Å²) in [6.45, 7) is 6.87. The molecule has 0 aliphatic carbocycles. The third kappa shape index (κ3) is 2.86. The summed E-state index contributed by atoms with van der Waals surface area (Å²) >= 11 is 0. The zero-order chi connectivity index (χ0) is 17.9. The number of rotatable bonds is 6. The van der Waals surface area contributed by atoms with Gasteiger partial charge in [0, 0.05) is 17.4 Å². The molecule has 26 heavy (non-hydrogen) atoms. The molecule has 4 aromatic rings. The summed E-state index contributed by atoms with van der Waals surface area (Å²) in [5, 5.41) is 1.13. The molecule has 0 radical (unpaired) electrons. The Labute approximate surface area is 153 Å². The van der Waals surface area contributed by atoms with Crippen molar-refractivity contribution in [1.29, 1.82) is 0 Å². The van der Waals surface area contributed by atoms with Crippen LogP contribution in [0.1, 0.15) is 30.1 Å². The van der Waals surface area contributed by atoms with Gasteiger partial charge >= 0.3 is 0 Å². The van der Waals surface area contributed by atoms with E-state index in [0.29, 0.717) is 0 Å². The minimum Gasteiger partial charge on any atom is -0.456 e. The molecule has 0 amide bonds. The fourth-order valence-electron chi connectivity index (χ4n) is 3.63. The first-order valence-corrected chi connectivity index (χ1v) is 9.05. The fraction of sp³-hybridized carbons (Fsp3) is 0.174. The Morgan fingerprint density at radius 2 is 1.88 bits per heavy atom. The van der Waals surface area contributed by atoms with Gasteiger partial charge in [0.05, 0.1) is 0 Å². The summed E-state index contributed by atoms with van der Waals surface area (Å²) in [4.78, 5) is 0. The van der Waals surface area contributed by atoms with E-state index in [1.165, 1.54) is 11.4 Å². The van der Waals surface area contributed by atoms with Gasteiger partial charge in [0.25, 0.3) is 5.82 Å². The largest absolute Gasteiger partial charge is 0.456 e. The second-order valence-electron chi connectivity index (χ2n) is 6.42. The number of nitrogens with zero attached hydrogens (tertiary/aromatic N) is 2. The molecule has 0 N–H and O–H groups in total. The van der Waals surface area contributed by atoms with Gasteiger partial charge in [-0.25, -0.2) is 9.13 Å². The molecule has 3 heteroatoms. The van der Waals surface area contributed by atoms with Crippen LogP contribution in [-0.4, -0.2) is 4.57 Å². The third-order valence-corrected chi connectivity index (χ3v) is 4.79. The smallest absolute Gasteiger partial charge is 0.257 e. The molecule has 0 fully saturated rings. The van der Waals surface area contributed by atoms with E-state index in [2.05, 4.69) is 71.4 Å². The first-order chi connectivity index (χ1) is 12.8. The van der Waals surface area contributed by atoms with Crippen LogP contribution in [0.15, 0.2) is 90.1 Å². The molecule has 130 valence electrons. The van der Waals surface area contributed by atoms with Crippen molar-refractivity contribution in [3.05, 3.63) is 103 Å². The van der Waals surface area contributed by atoms with Crippen molar-refractivity contribution in [2.75, 3.05) is 0 Å². The van der Waals surface area contributed by atoms with Gasteiger partial charge in [0.15, 0.2) is 11.8 Å². The summed E-state index contributed by atoms with van der Waals surface area (Å²) in [5.74, 6) is 2.20. The number of hydrogen-bond donors (Lipinski definition) is 0. The maximum atomic E-state index is 6.26. The first-order valence-electron chi connectivity index (χ1n) is 9.05.